The number of benzene rings is 2. The van der Waals surface area contributed by atoms with Gasteiger partial charge in [0.15, 0.2) is 6.61 Å². The van der Waals surface area contributed by atoms with Crippen molar-refractivity contribution in [1.29, 1.82) is 0 Å². The van der Waals surface area contributed by atoms with Crippen molar-refractivity contribution in [2.24, 2.45) is 5.73 Å². The Morgan fingerprint density at radius 3 is 2.43 bits per heavy atom. The molecule has 35 heavy (non-hydrogen) atoms. The number of hydrogen-bond donors (Lipinski definition) is 1. The monoisotopic (exact) mass is 492 g/mol. The number of primary amides is 1. The number of amides is 2. The third-order valence-electron chi connectivity index (χ3n) is 5.06. The zero-order valence-corrected chi connectivity index (χ0v) is 19.3. The number of anilines is 1. The average Bonchev–Trinajstić information content (AvgIpc) is 3.54. The van der Waals surface area contributed by atoms with Gasteiger partial charge in [-0.1, -0.05) is 24.3 Å². The number of rotatable bonds is 9. The highest BCUT2D eigenvalue weighted by molar-refractivity contribution is 7.13. The lowest BCUT2D eigenvalue weighted by atomic mass is 10.2. The van der Waals surface area contributed by atoms with Crippen LogP contribution < -0.4 is 10.6 Å². The van der Waals surface area contributed by atoms with Gasteiger partial charge in [0.25, 0.3) is 5.91 Å². The van der Waals surface area contributed by atoms with Gasteiger partial charge in [0.05, 0.1) is 10.6 Å². The number of halogens is 1. The number of carbonyl (C=O) groups excluding carboxylic acids is 3. The van der Waals surface area contributed by atoms with Gasteiger partial charge in [0, 0.05) is 24.8 Å². The molecule has 0 aliphatic heterocycles. The van der Waals surface area contributed by atoms with E-state index in [-0.39, 0.29) is 18.5 Å². The van der Waals surface area contributed by atoms with Crippen molar-refractivity contribution < 1.29 is 23.5 Å². The second kappa shape index (κ2) is 10.7. The van der Waals surface area contributed by atoms with Crippen LogP contribution in [-0.2, 0) is 14.3 Å². The summed E-state index contributed by atoms with van der Waals surface area (Å²) in [4.78, 5) is 39.2. The average molecular weight is 493 g/mol. The Bertz CT molecular complexity index is 1320. The van der Waals surface area contributed by atoms with Gasteiger partial charge in [-0.2, -0.15) is 5.10 Å². The maximum Gasteiger partial charge on any atom is 0.342 e. The fourth-order valence-corrected chi connectivity index (χ4v) is 4.08. The van der Waals surface area contributed by atoms with Crippen LogP contribution in [0.3, 0.4) is 0 Å². The Balaban J connectivity index is 1.54. The molecule has 0 atom stereocenters. The quantitative estimate of drug-likeness (QED) is 0.358. The summed E-state index contributed by atoms with van der Waals surface area (Å²) in [5.41, 5.74) is 6.97. The van der Waals surface area contributed by atoms with Crippen LogP contribution in [0, 0.1) is 5.82 Å². The standard InChI is InChI=1S/C25H21FN4O4S/c26-17-8-10-18(11-9-17)29(13-12-22(27)31)23(32)16-34-25(33)20-15-30(19-5-2-1-3-6-19)28-24(20)21-7-4-14-35-21/h1-11,14-15H,12-13,16H2,(H2,27,31). The molecule has 10 heteroatoms. The largest absolute Gasteiger partial charge is 0.452 e. The predicted molar refractivity (Wildman–Crippen MR) is 130 cm³/mol. The van der Waals surface area contributed by atoms with Crippen LogP contribution in [0.2, 0.25) is 0 Å². The van der Waals surface area contributed by atoms with E-state index in [1.54, 1.807) is 10.9 Å². The minimum Gasteiger partial charge on any atom is -0.452 e. The molecule has 0 fully saturated rings. The molecule has 0 saturated heterocycles. The number of nitrogens with two attached hydrogens (primary N) is 1. The van der Waals surface area contributed by atoms with Crippen molar-refractivity contribution in [3.8, 4) is 16.3 Å². The first-order chi connectivity index (χ1) is 16.9. The van der Waals surface area contributed by atoms with E-state index in [9.17, 15) is 18.8 Å². The normalized spacial score (nSPS) is 10.7. The van der Waals surface area contributed by atoms with Gasteiger partial charge in [0.1, 0.15) is 17.1 Å². The second-order valence-electron chi connectivity index (χ2n) is 7.46. The molecule has 0 bridgehead atoms. The maximum atomic E-state index is 13.3. The highest BCUT2D eigenvalue weighted by atomic mass is 32.1. The highest BCUT2D eigenvalue weighted by Crippen LogP contribution is 2.28. The molecule has 0 aliphatic carbocycles. The molecule has 4 aromatic rings. The van der Waals surface area contributed by atoms with E-state index in [4.69, 9.17) is 10.5 Å². The number of nitrogens with zero attached hydrogens (tertiary/aromatic N) is 3. The minimum atomic E-state index is -0.724. The molecule has 0 aliphatic rings. The molecule has 8 nitrogen and oxygen atoms in total. The first-order valence-electron chi connectivity index (χ1n) is 10.6. The summed E-state index contributed by atoms with van der Waals surface area (Å²) in [6.45, 7) is -0.626. The molecule has 4 rings (SSSR count). The lowest BCUT2D eigenvalue weighted by molar-refractivity contribution is -0.121. The zero-order valence-electron chi connectivity index (χ0n) is 18.5. The van der Waals surface area contributed by atoms with Crippen molar-refractivity contribution in [3.63, 3.8) is 0 Å². The molecule has 2 aromatic carbocycles. The van der Waals surface area contributed by atoms with Crippen LogP contribution in [0.25, 0.3) is 16.3 Å². The molecule has 2 amide bonds. The van der Waals surface area contributed by atoms with Gasteiger partial charge >= 0.3 is 5.97 Å². The molecule has 178 valence electrons. The molecule has 2 heterocycles. The van der Waals surface area contributed by atoms with Gasteiger partial charge in [-0.25, -0.2) is 13.9 Å². The van der Waals surface area contributed by atoms with Crippen molar-refractivity contribution in [2.75, 3.05) is 18.1 Å². The van der Waals surface area contributed by atoms with E-state index >= 15 is 0 Å². The van der Waals surface area contributed by atoms with E-state index < -0.39 is 30.2 Å². The van der Waals surface area contributed by atoms with E-state index in [2.05, 4.69) is 5.10 Å². The van der Waals surface area contributed by atoms with Gasteiger partial charge < -0.3 is 15.4 Å². The fraction of sp³-hybridized carbons (Fsp3) is 0.120. The van der Waals surface area contributed by atoms with Crippen LogP contribution in [0.5, 0.6) is 0 Å². The predicted octanol–water partition coefficient (Wildman–Crippen LogP) is 3.81. The lowest BCUT2D eigenvalue weighted by Gasteiger charge is -2.22. The molecule has 2 N–H and O–H groups in total. The van der Waals surface area contributed by atoms with Gasteiger partial charge in [0.2, 0.25) is 5.91 Å². The Kier molecular flexibility index (Phi) is 7.32. The highest BCUT2D eigenvalue weighted by Gasteiger charge is 2.23. The minimum absolute atomic E-state index is 0.0380. The fourth-order valence-electron chi connectivity index (χ4n) is 3.36. The summed E-state index contributed by atoms with van der Waals surface area (Å²) < 4.78 is 20.2. The molecular weight excluding hydrogens is 471 g/mol. The number of ether oxygens (including phenoxy) is 1. The summed E-state index contributed by atoms with van der Waals surface area (Å²) in [7, 11) is 0. The summed E-state index contributed by atoms with van der Waals surface area (Å²) in [6.07, 6.45) is 1.45. The van der Waals surface area contributed by atoms with Crippen molar-refractivity contribution in [2.45, 2.75) is 6.42 Å². The third-order valence-corrected chi connectivity index (χ3v) is 5.93. The summed E-state index contributed by atoms with van der Waals surface area (Å²) in [5.74, 6) is -2.38. The summed E-state index contributed by atoms with van der Waals surface area (Å²) in [5, 5.41) is 6.42. The summed E-state index contributed by atoms with van der Waals surface area (Å²) >= 11 is 1.42. The molecule has 0 spiro atoms. The van der Waals surface area contributed by atoms with Crippen LogP contribution in [-0.4, -0.2) is 40.7 Å². The number of para-hydroxylation sites is 1. The molecule has 0 radical (unpaired) electrons. The first-order valence-corrected chi connectivity index (χ1v) is 11.5. The Hall–Kier alpha value is -4.31. The van der Waals surface area contributed by atoms with E-state index in [0.29, 0.717) is 11.4 Å². The van der Waals surface area contributed by atoms with E-state index in [0.717, 1.165) is 10.6 Å². The maximum absolute atomic E-state index is 13.3. The number of hydrogen-bond acceptors (Lipinski definition) is 6. The smallest absolute Gasteiger partial charge is 0.342 e. The van der Waals surface area contributed by atoms with Crippen molar-refractivity contribution in [3.05, 3.63) is 89.7 Å². The molecular formula is C25H21FN4O4S. The third kappa shape index (κ3) is 5.79. The number of carbonyl (C=O) groups is 3. The SMILES string of the molecule is NC(=O)CCN(C(=O)COC(=O)c1cn(-c2ccccc2)nc1-c1cccs1)c1ccc(F)cc1. The number of esters is 1. The van der Waals surface area contributed by atoms with Gasteiger partial charge in [-0.3, -0.25) is 9.59 Å². The Labute approximate surface area is 204 Å². The first kappa shape index (κ1) is 23.8. The number of aromatic nitrogens is 2. The summed E-state index contributed by atoms with van der Waals surface area (Å²) in [6, 6.07) is 18.1. The number of thiophene rings is 1. The molecule has 0 unspecified atom stereocenters. The molecule has 0 saturated carbocycles. The van der Waals surface area contributed by atoms with Crippen molar-refractivity contribution in [1.82, 2.24) is 9.78 Å². The second-order valence-corrected chi connectivity index (χ2v) is 8.41. The topological polar surface area (TPSA) is 108 Å². The van der Waals surface area contributed by atoms with Crippen molar-refractivity contribution >= 4 is 34.8 Å². The van der Waals surface area contributed by atoms with Crippen LogP contribution in [0.1, 0.15) is 16.8 Å². The van der Waals surface area contributed by atoms with Crippen LogP contribution in [0.4, 0.5) is 10.1 Å². The zero-order chi connectivity index (χ0) is 24.8. The lowest BCUT2D eigenvalue weighted by Crippen LogP contribution is -2.37. The van der Waals surface area contributed by atoms with E-state index in [1.807, 2.05) is 47.8 Å². The Morgan fingerprint density at radius 2 is 1.77 bits per heavy atom. The van der Waals surface area contributed by atoms with E-state index in [1.165, 1.54) is 40.5 Å². The molecule has 2 aromatic heterocycles. The van der Waals surface area contributed by atoms with Gasteiger partial charge in [-0.15, -0.1) is 11.3 Å². The Morgan fingerprint density at radius 1 is 1.03 bits per heavy atom. The van der Waals surface area contributed by atoms with Crippen LogP contribution in [0.15, 0.2) is 78.3 Å². The van der Waals surface area contributed by atoms with Crippen LogP contribution >= 0.6 is 11.3 Å². The van der Waals surface area contributed by atoms with Gasteiger partial charge in [-0.05, 0) is 47.8 Å².